The molecule has 2 atom stereocenters. The van der Waals surface area contributed by atoms with Crippen molar-refractivity contribution in [3.05, 3.63) is 29.3 Å². The topological polar surface area (TPSA) is 41.1 Å². The number of carbonyl (C=O) groups is 1. The zero-order valence-corrected chi connectivity index (χ0v) is 12.1. The van der Waals surface area contributed by atoms with Gasteiger partial charge in [0.1, 0.15) is 0 Å². The maximum Gasteiger partial charge on any atom is 0.227 e. The van der Waals surface area contributed by atoms with Crippen LogP contribution in [0.2, 0.25) is 0 Å². The van der Waals surface area contributed by atoms with Gasteiger partial charge in [-0.3, -0.25) is 4.79 Å². The number of anilines is 1. The van der Waals surface area contributed by atoms with E-state index >= 15 is 0 Å². The lowest BCUT2D eigenvalue weighted by Crippen LogP contribution is -2.40. The highest BCUT2D eigenvalue weighted by Crippen LogP contribution is 2.24. The standard InChI is InChI=1S/C16H24N2O/c1-4-13-7-5-6-11(2)15(13)18-16(19)14-8-9-17-12(3)10-14/h5-7,12,14,17H,4,8-10H2,1-3H3,(H,18,19). The molecule has 2 rings (SSSR count). The SMILES string of the molecule is CCc1cccc(C)c1NC(=O)C1CCNC(C)C1. The van der Waals surface area contributed by atoms with Crippen molar-refractivity contribution < 1.29 is 4.79 Å². The molecular weight excluding hydrogens is 236 g/mol. The summed E-state index contributed by atoms with van der Waals surface area (Å²) in [4.78, 5) is 12.4. The smallest absolute Gasteiger partial charge is 0.227 e. The monoisotopic (exact) mass is 260 g/mol. The van der Waals surface area contributed by atoms with Crippen LogP contribution in [-0.2, 0) is 11.2 Å². The molecule has 3 heteroatoms. The summed E-state index contributed by atoms with van der Waals surface area (Å²) in [6, 6.07) is 6.64. The number of nitrogens with one attached hydrogen (secondary N) is 2. The fourth-order valence-corrected chi connectivity index (χ4v) is 2.80. The van der Waals surface area contributed by atoms with Crippen molar-refractivity contribution in [3.8, 4) is 0 Å². The van der Waals surface area contributed by atoms with Gasteiger partial charge in [0.05, 0.1) is 0 Å². The summed E-state index contributed by atoms with van der Waals surface area (Å²) < 4.78 is 0. The molecule has 1 heterocycles. The lowest BCUT2D eigenvalue weighted by atomic mass is 9.92. The van der Waals surface area contributed by atoms with Gasteiger partial charge in [0.15, 0.2) is 0 Å². The van der Waals surface area contributed by atoms with Gasteiger partial charge in [0, 0.05) is 17.6 Å². The molecule has 0 spiro atoms. The predicted octanol–water partition coefficient (Wildman–Crippen LogP) is 2.88. The largest absolute Gasteiger partial charge is 0.325 e. The molecule has 104 valence electrons. The fourth-order valence-electron chi connectivity index (χ4n) is 2.80. The van der Waals surface area contributed by atoms with Crippen LogP contribution in [0.1, 0.15) is 37.8 Å². The first kappa shape index (κ1) is 14.1. The molecule has 0 saturated carbocycles. The fraction of sp³-hybridized carbons (Fsp3) is 0.562. The molecule has 0 aromatic heterocycles. The van der Waals surface area contributed by atoms with Crippen LogP contribution in [-0.4, -0.2) is 18.5 Å². The van der Waals surface area contributed by atoms with Crippen LogP contribution in [0.3, 0.4) is 0 Å². The second-order valence-corrected chi connectivity index (χ2v) is 5.53. The van der Waals surface area contributed by atoms with E-state index in [0.29, 0.717) is 6.04 Å². The summed E-state index contributed by atoms with van der Waals surface area (Å²) in [5, 5.41) is 6.54. The summed E-state index contributed by atoms with van der Waals surface area (Å²) >= 11 is 0. The molecule has 1 aromatic rings. The number of benzene rings is 1. The molecule has 1 aliphatic rings. The molecule has 1 fully saturated rings. The van der Waals surface area contributed by atoms with Crippen LogP contribution in [0.4, 0.5) is 5.69 Å². The number of hydrogen-bond acceptors (Lipinski definition) is 2. The minimum absolute atomic E-state index is 0.139. The highest BCUT2D eigenvalue weighted by atomic mass is 16.1. The van der Waals surface area contributed by atoms with Crippen molar-refractivity contribution >= 4 is 11.6 Å². The quantitative estimate of drug-likeness (QED) is 0.877. The van der Waals surface area contributed by atoms with E-state index in [1.165, 1.54) is 5.56 Å². The number of rotatable bonds is 3. The van der Waals surface area contributed by atoms with Gasteiger partial charge < -0.3 is 10.6 Å². The molecule has 2 N–H and O–H groups in total. The molecule has 3 nitrogen and oxygen atoms in total. The van der Waals surface area contributed by atoms with Gasteiger partial charge in [-0.15, -0.1) is 0 Å². The van der Waals surface area contributed by atoms with Crippen LogP contribution >= 0.6 is 0 Å². The maximum atomic E-state index is 12.4. The van der Waals surface area contributed by atoms with Gasteiger partial charge in [-0.25, -0.2) is 0 Å². The Labute approximate surface area is 115 Å². The minimum atomic E-state index is 0.139. The normalized spacial score (nSPS) is 23.1. The molecule has 0 aliphatic carbocycles. The molecular formula is C16H24N2O. The molecule has 2 unspecified atom stereocenters. The number of carbonyl (C=O) groups excluding carboxylic acids is 1. The van der Waals surface area contributed by atoms with Gasteiger partial charge in [-0.05, 0) is 50.8 Å². The Bertz CT molecular complexity index is 456. The van der Waals surface area contributed by atoms with Gasteiger partial charge in [-0.2, -0.15) is 0 Å². The van der Waals surface area contributed by atoms with E-state index in [1.807, 2.05) is 0 Å². The lowest BCUT2D eigenvalue weighted by molar-refractivity contribution is -0.120. The molecule has 0 bridgehead atoms. The van der Waals surface area contributed by atoms with E-state index in [9.17, 15) is 4.79 Å². The molecule has 19 heavy (non-hydrogen) atoms. The van der Waals surface area contributed by atoms with Crippen LogP contribution in [0, 0.1) is 12.8 Å². The third kappa shape index (κ3) is 3.35. The first-order valence-corrected chi connectivity index (χ1v) is 7.24. The van der Waals surface area contributed by atoms with E-state index in [2.05, 4.69) is 49.6 Å². The van der Waals surface area contributed by atoms with Crippen LogP contribution in [0.15, 0.2) is 18.2 Å². The average molecular weight is 260 g/mol. The van der Waals surface area contributed by atoms with Crippen LogP contribution in [0.25, 0.3) is 0 Å². The molecule has 1 saturated heterocycles. The Morgan fingerprint density at radius 3 is 2.95 bits per heavy atom. The van der Waals surface area contributed by atoms with E-state index in [0.717, 1.165) is 37.1 Å². The van der Waals surface area contributed by atoms with Gasteiger partial charge in [0.2, 0.25) is 5.91 Å². The minimum Gasteiger partial charge on any atom is -0.325 e. The van der Waals surface area contributed by atoms with E-state index in [1.54, 1.807) is 0 Å². The molecule has 1 amide bonds. The van der Waals surface area contributed by atoms with Gasteiger partial charge in [-0.1, -0.05) is 25.1 Å². The predicted molar refractivity (Wildman–Crippen MR) is 79.4 cm³/mol. The van der Waals surface area contributed by atoms with Gasteiger partial charge >= 0.3 is 0 Å². The van der Waals surface area contributed by atoms with Crippen LogP contribution < -0.4 is 10.6 Å². The lowest BCUT2D eigenvalue weighted by Gasteiger charge is -2.27. The van der Waals surface area contributed by atoms with E-state index in [4.69, 9.17) is 0 Å². The Kier molecular flexibility index (Phi) is 4.59. The molecule has 0 radical (unpaired) electrons. The summed E-state index contributed by atoms with van der Waals surface area (Å²) in [7, 11) is 0. The Hall–Kier alpha value is -1.35. The maximum absolute atomic E-state index is 12.4. The third-order valence-corrected chi connectivity index (χ3v) is 3.98. The summed E-state index contributed by atoms with van der Waals surface area (Å²) in [6.07, 6.45) is 2.81. The summed E-state index contributed by atoms with van der Waals surface area (Å²) in [6.45, 7) is 7.26. The van der Waals surface area contributed by atoms with Crippen molar-refractivity contribution in [2.45, 2.75) is 46.1 Å². The third-order valence-electron chi connectivity index (χ3n) is 3.98. The summed E-state index contributed by atoms with van der Waals surface area (Å²) in [5.41, 5.74) is 3.38. The second kappa shape index (κ2) is 6.20. The van der Waals surface area contributed by atoms with E-state index < -0.39 is 0 Å². The zero-order valence-electron chi connectivity index (χ0n) is 12.1. The highest BCUT2D eigenvalue weighted by molar-refractivity contribution is 5.94. The van der Waals surface area contributed by atoms with Crippen molar-refractivity contribution in [2.75, 3.05) is 11.9 Å². The number of aryl methyl sites for hydroxylation is 2. The van der Waals surface area contributed by atoms with Crippen molar-refractivity contribution in [1.82, 2.24) is 5.32 Å². The Morgan fingerprint density at radius 2 is 2.26 bits per heavy atom. The first-order valence-electron chi connectivity index (χ1n) is 7.24. The molecule has 1 aromatic carbocycles. The van der Waals surface area contributed by atoms with Crippen molar-refractivity contribution in [2.24, 2.45) is 5.92 Å². The highest BCUT2D eigenvalue weighted by Gasteiger charge is 2.25. The van der Waals surface area contributed by atoms with Crippen molar-refractivity contribution in [1.29, 1.82) is 0 Å². The Balaban J connectivity index is 2.10. The summed E-state index contributed by atoms with van der Waals surface area (Å²) in [5.74, 6) is 0.318. The molecule has 1 aliphatic heterocycles. The second-order valence-electron chi connectivity index (χ2n) is 5.53. The number of hydrogen-bond donors (Lipinski definition) is 2. The first-order chi connectivity index (χ1) is 9.11. The van der Waals surface area contributed by atoms with Crippen molar-refractivity contribution in [3.63, 3.8) is 0 Å². The number of para-hydroxylation sites is 1. The average Bonchev–Trinajstić information content (AvgIpc) is 2.41. The Morgan fingerprint density at radius 1 is 1.47 bits per heavy atom. The zero-order chi connectivity index (χ0) is 13.8. The van der Waals surface area contributed by atoms with Gasteiger partial charge in [0.25, 0.3) is 0 Å². The number of piperidine rings is 1. The van der Waals surface area contributed by atoms with Crippen LogP contribution in [0.5, 0.6) is 0 Å². The van der Waals surface area contributed by atoms with E-state index in [-0.39, 0.29) is 11.8 Å². The number of amides is 1.